The monoisotopic (exact) mass is 437 g/mol. The normalized spacial score (nSPS) is 20.5. The minimum atomic E-state index is -0.374. The van der Waals surface area contributed by atoms with Crippen LogP contribution in [0.5, 0.6) is 0 Å². The van der Waals surface area contributed by atoms with Crippen LogP contribution in [0.15, 0.2) is 73.1 Å². The maximum absolute atomic E-state index is 13.1. The number of fused-ring (bicyclic) bond motifs is 2. The predicted octanol–water partition coefficient (Wildman–Crippen LogP) is 3.81. The Balaban J connectivity index is 1.61. The van der Waals surface area contributed by atoms with Crippen LogP contribution < -0.4 is 5.32 Å². The Hall–Kier alpha value is -3.90. The zero-order valence-electron chi connectivity index (χ0n) is 18.2. The van der Waals surface area contributed by atoms with Crippen molar-refractivity contribution in [3.05, 3.63) is 84.2 Å². The van der Waals surface area contributed by atoms with Crippen molar-refractivity contribution in [3.8, 4) is 0 Å². The van der Waals surface area contributed by atoms with E-state index in [1.165, 1.54) is 0 Å². The molecule has 0 fully saturated rings. The molecule has 3 heterocycles. The molecule has 164 valence electrons. The molecule has 6 heteroatoms. The van der Waals surface area contributed by atoms with Crippen LogP contribution >= 0.6 is 0 Å². The minimum absolute atomic E-state index is 0.0857. The molecular weight excluding hydrogens is 414 g/mol. The Morgan fingerprint density at radius 2 is 1.48 bits per heavy atom. The van der Waals surface area contributed by atoms with Gasteiger partial charge in [-0.1, -0.05) is 48.6 Å². The third-order valence-corrected chi connectivity index (χ3v) is 6.85. The van der Waals surface area contributed by atoms with Crippen molar-refractivity contribution in [2.45, 2.75) is 12.5 Å². The lowest BCUT2D eigenvalue weighted by atomic mass is 9.95. The van der Waals surface area contributed by atoms with E-state index in [4.69, 9.17) is 0 Å². The smallest absolute Gasteiger partial charge is 0.259 e. The van der Waals surface area contributed by atoms with E-state index >= 15 is 0 Å². The highest BCUT2D eigenvalue weighted by molar-refractivity contribution is 6.50. The number of nitrogens with one attached hydrogen (secondary N) is 1. The van der Waals surface area contributed by atoms with Crippen LogP contribution in [0.3, 0.4) is 0 Å². The topological polar surface area (TPSA) is 76.3 Å². The first-order valence-corrected chi connectivity index (χ1v) is 11.1. The lowest BCUT2D eigenvalue weighted by Gasteiger charge is -2.14. The van der Waals surface area contributed by atoms with E-state index in [0.29, 0.717) is 11.1 Å². The van der Waals surface area contributed by atoms with Gasteiger partial charge < -0.3 is 14.2 Å². The number of carbonyl (C=O) groups is 2. The molecule has 2 aromatic heterocycles. The maximum atomic E-state index is 13.1. The van der Waals surface area contributed by atoms with Gasteiger partial charge in [-0.05, 0) is 18.6 Å². The Morgan fingerprint density at radius 3 is 2.15 bits per heavy atom. The van der Waals surface area contributed by atoms with Gasteiger partial charge in [0.05, 0.1) is 17.2 Å². The molecule has 1 aliphatic heterocycles. The SMILES string of the molecule is Cn1cc(C2=C(c3cn([C@@H]4C=C[C@H](CO)C4)c4ccccc34)C(=O)NC2=O)c2ccccc21. The summed E-state index contributed by atoms with van der Waals surface area (Å²) in [6.45, 7) is 0.117. The number of carbonyl (C=O) groups excluding carboxylic acids is 2. The van der Waals surface area contributed by atoms with E-state index in [9.17, 15) is 14.7 Å². The summed E-state index contributed by atoms with van der Waals surface area (Å²) in [5, 5.41) is 14.0. The number of amides is 2. The first-order valence-electron chi connectivity index (χ1n) is 11.1. The fourth-order valence-corrected chi connectivity index (χ4v) is 5.28. The molecule has 0 bridgehead atoms. The van der Waals surface area contributed by atoms with Crippen molar-refractivity contribution < 1.29 is 14.7 Å². The standard InChI is InChI=1S/C27H23N3O3/c1-29-13-20(18-6-2-4-8-22(18)29)24-25(27(33)28-26(24)32)21-14-30(17-11-10-16(12-17)15-31)23-9-5-3-7-19(21)23/h2-11,13-14,16-17,31H,12,15H2,1H3,(H,28,32,33)/t16-,17+/m0/s1. The number of allylic oxidation sites excluding steroid dienone is 1. The molecule has 33 heavy (non-hydrogen) atoms. The summed E-state index contributed by atoms with van der Waals surface area (Å²) in [6, 6.07) is 15.9. The van der Waals surface area contributed by atoms with Gasteiger partial charge in [0, 0.05) is 64.9 Å². The molecule has 2 amide bonds. The van der Waals surface area contributed by atoms with Gasteiger partial charge in [-0.25, -0.2) is 0 Å². The number of benzene rings is 2. The summed E-state index contributed by atoms with van der Waals surface area (Å²) in [5.74, 6) is -0.619. The molecule has 0 saturated heterocycles. The highest BCUT2D eigenvalue weighted by atomic mass is 16.3. The van der Waals surface area contributed by atoms with Crippen molar-refractivity contribution in [2.24, 2.45) is 13.0 Å². The van der Waals surface area contributed by atoms with Gasteiger partial charge in [0.1, 0.15) is 0 Å². The van der Waals surface area contributed by atoms with Gasteiger partial charge in [0.25, 0.3) is 11.8 Å². The van der Waals surface area contributed by atoms with Crippen molar-refractivity contribution in [1.29, 1.82) is 0 Å². The number of imide groups is 1. The molecule has 2 aliphatic rings. The average molecular weight is 437 g/mol. The summed E-state index contributed by atoms with van der Waals surface area (Å²) in [5.41, 5.74) is 4.32. The number of aryl methyl sites for hydroxylation is 1. The Labute approximate surface area is 190 Å². The fourth-order valence-electron chi connectivity index (χ4n) is 5.28. The summed E-state index contributed by atoms with van der Waals surface area (Å²) >= 11 is 0. The molecule has 4 aromatic rings. The maximum Gasteiger partial charge on any atom is 0.259 e. The molecule has 0 unspecified atom stereocenters. The first kappa shape index (κ1) is 19.8. The highest BCUT2D eigenvalue weighted by Crippen LogP contribution is 2.40. The second kappa shape index (κ2) is 7.32. The van der Waals surface area contributed by atoms with E-state index in [1.54, 1.807) is 0 Å². The third-order valence-electron chi connectivity index (χ3n) is 6.85. The van der Waals surface area contributed by atoms with E-state index in [0.717, 1.165) is 39.4 Å². The summed E-state index contributed by atoms with van der Waals surface area (Å²) in [4.78, 5) is 26.2. The van der Waals surface area contributed by atoms with E-state index < -0.39 is 0 Å². The number of hydrogen-bond acceptors (Lipinski definition) is 3. The molecule has 2 aromatic carbocycles. The van der Waals surface area contributed by atoms with E-state index in [2.05, 4.69) is 16.0 Å². The van der Waals surface area contributed by atoms with Crippen molar-refractivity contribution >= 4 is 44.8 Å². The Bertz CT molecular complexity index is 1520. The second-order valence-corrected chi connectivity index (χ2v) is 8.80. The third kappa shape index (κ3) is 2.91. The van der Waals surface area contributed by atoms with Crippen LogP contribution in [0.1, 0.15) is 23.6 Å². The van der Waals surface area contributed by atoms with Crippen LogP contribution in [0.2, 0.25) is 0 Å². The number of nitrogens with zero attached hydrogens (tertiary/aromatic N) is 2. The predicted molar refractivity (Wildman–Crippen MR) is 128 cm³/mol. The minimum Gasteiger partial charge on any atom is -0.396 e. The molecule has 1 aliphatic carbocycles. The molecule has 2 atom stereocenters. The Kier molecular flexibility index (Phi) is 4.38. The number of rotatable bonds is 4. The zero-order chi connectivity index (χ0) is 22.7. The first-order chi connectivity index (χ1) is 16.1. The molecular formula is C27H23N3O3. The van der Waals surface area contributed by atoms with Crippen LogP contribution in [0, 0.1) is 5.92 Å². The van der Waals surface area contributed by atoms with Crippen molar-refractivity contribution in [1.82, 2.24) is 14.5 Å². The lowest BCUT2D eigenvalue weighted by molar-refractivity contribution is -0.122. The quantitative estimate of drug-likeness (QED) is 0.377. The fraction of sp³-hybridized carbons (Fsp3) is 0.185. The van der Waals surface area contributed by atoms with Gasteiger partial charge in [-0.3, -0.25) is 14.9 Å². The van der Waals surface area contributed by atoms with Gasteiger partial charge in [-0.15, -0.1) is 0 Å². The van der Waals surface area contributed by atoms with Crippen molar-refractivity contribution in [2.75, 3.05) is 6.61 Å². The zero-order valence-corrected chi connectivity index (χ0v) is 18.2. The molecule has 6 nitrogen and oxygen atoms in total. The number of hydrogen-bond donors (Lipinski definition) is 2. The van der Waals surface area contributed by atoms with Gasteiger partial charge in [-0.2, -0.15) is 0 Å². The van der Waals surface area contributed by atoms with Gasteiger partial charge in [0.15, 0.2) is 0 Å². The van der Waals surface area contributed by atoms with Crippen LogP contribution in [-0.2, 0) is 16.6 Å². The average Bonchev–Trinajstić information content (AvgIpc) is 3.58. The van der Waals surface area contributed by atoms with Crippen LogP contribution in [0.4, 0.5) is 0 Å². The molecule has 6 rings (SSSR count). The Morgan fingerprint density at radius 1 is 0.879 bits per heavy atom. The van der Waals surface area contributed by atoms with Crippen LogP contribution in [0.25, 0.3) is 33.0 Å². The summed E-state index contributed by atoms with van der Waals surface area (Å²) in [7, 11) is 1.94. The second-order valence-electron chi connectivity index (χ2n) is 8.80. The van der Waals surface area contributed by atoms with Gasteiger partial charge >= 0.3 is 0 Å². The van der Waals surface area contributed by atoms with Crippen molar-refractivity contribution in [3.63, 3.8) is 0 Å². The van der Waals surface area contributed by atoms with E-state index in [1.807, 2.05) is 78.6 Å². The van der Waals surface area contributed by atoms with Gasteiger partial charge in [0.2, 0.25) is 0 Å². The number of aliphatic hydroxyl groups excluding tert-OH is 1. The molecule has 0 spiro atoms. The molecule has 0 radical (unpaired) electrons. The lowest BCUT2D eigenvalue weighted by Crippen LogP contribution is -2.22. The number of para-hydroxylation sites is 2. The summed E-state index contributed by atoms with van der Waals surface area (Å²) < 4.78 is 4.13. The highest BCUT2D eigenvalue weighted by Gasteiger charge is 2.35. The number of aromatic nitrogens is 2. The van der Waals surface area contributed by atoms with Crippen LogP contribution in [-0.4, -0.2) is 32.7 Å². The van der Waals surface area contributed by atoms with E-state index in [-0.39, 0.29) is 30.4 Å². The largest absolute Gasteiger partial charge is 0.396 e. The molecule has 0 saturated carbocycles. The number of aliphatic hydroxyl groups is 1. The molecule has 2 N–H and O–H groups in total. The summed E-state index contributed by atoms with van der Waals surface area (Å²) in [6.07, 6.45) is 8.86.